The molecule has 0 saturated carbocycles. The highest BCUT2D eigenvalue weighted by Crippen LogP contribution is 2.21. The van der Waals surface area contributed by atoms with Crippen molar-refractivity contribution in [3.8, 4) is 0 Å². The Bertz CT molecular complexity index is 335. The summed E-state index contributed by atoms with van der Waals surface area (Å²) in [4.78, 5) is 15.3. The molecule has 1 aromatic heterocycles. The second-order valence-corrected chi connectivity index (χ2v) is 3.36. The SMILES string of the molecule is Cc1cccc(C2CCC(=O)N2)n1. The Balaban J connectivity index is 2.21. The molecule has 1 N–H and O–H groups in total. The van der Waals surface area contributed by atoms with Crippen molar-refractivity contribution in [1.29, 1.82) is 0 Å². The fraction of sp³-hybridized carbons (Fsp3) is 0.400. The lowest BCUT2D eigenvalue weighted by Crippen LogP contribution is -2.19. The molecule has 1 fully saturated rings. The zero-order chi connectivity index (χ0) is 9.26. The summed E-state index contributed by atoms with van der Waals surface area (Å²) in [6, 6.07) is 6.03. The summed E-state index contributed by atoms with van der Waals surface area (Å²) in [5, 5.41) is 2.90. The molecule has 1 saturated heterocycles. The van der Waals surface area contributed by atoms with Gasteiger partial charge < -0.3 is 5.32 Å². The molecule has 0 aliphatic carbocycles. The number of aromatic nitrogens is 1. The van der Waals surface area contributed by atoms with E-state index in [1.54, 1.807) is 0 Å². The lowest BCUT2D eigenvalue weighted by Gasteiger charge is -2.08. The van der Waals surface area contributed by atoms with Crippen LogP contribution in [0.2, 0.25) is 0 Å². The number of nitrogens with zero attached hydrogens (tertiary/aromatic N) is 1. The van der Waals surface area contributed by atoms with Gasteiger partial charge in [0.25, 0.3) is 0 Å². The monoisotopic (exact) mass is 176 g/mol. The molecule has 1 unspecified atom stereocenters. The van der Waals surface area contributed by atoms with Gasteiger partial charge in [-0.2, -0.15) is 0 Å². The third-order valence-corrected chi connectivity index (χ3v) is 2.26. The molecular weight excluding hydrogens is 164 g/mol. The molecule has 2 rings (SSSR count). The molecule has 0 radical (unpaired) electrons. The lowest BCUT2D eigenvalue weighted by atomic mass is 10.1. The van der Waals surface area contributed by atoms with Crippen molar-refractivity contribution in [2.24, 2.45) is 0 Å². The number of amides is 1. The van der Waals surface area contributed by atoms with Crippen LogP contribution in [0.15, 0.2) is 18.2 Å². The summed E-state index contributed by atoms with van der Waals surface area (Å²) >= 11 is 0. The van der Waals surface area contributed by atoms with Crippen molar-refractivity contribution in [2.45, 2.75) is 25.8 Å². The van der Waals surface area contributed by atoms with Crippen molar-refractivity contribution in [3.63, 3.8) is 0 Å². The number of carbonyl (C=O) groups is 1. The molecule has 0 bridgehead atoms. The Kier molecular flexibility index (Phi) is 2.00. The van der Waals surface area contributed by atoms with E-state index in [1.807, 2.05) is 25.1 Å². The van der Waals surface area contributed by atoms with Crippen LogP contribution in [0.3, 0.4) is 0 Å². The quantitative estimate of drug-likeness (QED) is 0.701. The lowest BCUT2D eigenvalue weighted by molar-refractivity contribution is -0.119. The Morgan fingerprint density at radius 1 is 1.54 bits per heavy atom. The van der Waals surface area contributed by atoms with Crippen LogP contribution in [0.1, 0.15) is 30.3 Å². The highest BCUT2D eigenvalue weighted by molar-refractivity contribution is 5.78. The summed E-state index contributed by atoms with van der Waals surface area (Å²) in [6.45, 7) is 1.96. The van der Waals surface area contributed by atoms with E-state index in [1.165, 1.54) is 0 Å². The normalized spacial score (nSPS) is 21.6. The number of hydrogen-bond acceptors (Lipinski definition) is 2. The zero-order valence-corrected chi connectivity index (χ0v) is 7.58. The molecule has 2 heterocycles. The summed E-state index contributed by atoms with van der Waals surface area (Å²) < 4.78 is 0. The Hall–Kier alpha value is -1.38. The molecule has 13 heavy (non-hydrogen) atoms. The molecular formula is C10H12N2O. The van der Waals surface area contributed by atoms with E-state index in [9.17, 15) is 4.79 Å². The number of aryl methyl sites for hydroxylation is 1. The van der Waals surface area contributed by atoms with Crippen LogP contribution in [0.25, 0.3) is 0 Å². The first-order valence-corrected chi connectivity index (χ1v) is 4.48. The van der Waals surface area contributed by atoms with E-state index in [4.69, 9.17) is 0 Å². The average Bonchev–Trinajstić information content (AvgIpc) is 2.52. The number of nitrogens with one attached hydrogen (secondary N) is 1. The van der Waals surface area contributed by atoms with Gasteiger partial charge in [-0.1, -0.05) is 6.07 Å². The van der Waals surface area contributed by atoms with Gasteiger partial charge in [0.2, 0.25) is 5.91 Å². The first-order chi connectivity index (χ1) is 6.25. The molecule has 0 aromatic carbocycles. The molecule has 1 aromatic rings. The third-order valence-electron chi connectivity index (χ3n) is 2.26. The predicted octanol–water partition coefficient (Wildman–Crippen LogP) is 1.34. The molecule has 3 nitrogen and oxygen atoms in total. The highest BCUT2D eigenvalue weighted by atomic mass is 16.1. The molecule has 68 valence electrons. The summed E-state index contributed by atoms with van der Waals surface area (Å²) in [5.41, 5.74) is 1.98. The summed E-state index contributed by atoms with van der Waals surface area (Å²) in [7, 11) is 0. The molecule has 1 amide bonds. The fourth-order valence-corrected chi connectivity index (χ4v) is 1.59. The summed E-state index contributed by atoms with van der Waals surface area (Å²) in [5.74, 6) is 0.133. The summed E-state index contributed by atoms with van der Waals surface area (Å²) in [6.07, 6.45) is 1.50. The maximum Gasteiger partial charge on any atom is 0.220 e. The number of pyridine rings is 1. The van der Waals surface area contributed by atoms with Crippen molar-refractivity contribution < 1.29 is 4.79 Å². The number of carbonyl (C=O) groups excluding carboxylic acids is 1. The maximum absolute atomic E-state index is 11.0. The first-order valence-electron chi connectivity index (χ1n) is 4.48. The Morgan fingerprint density at radius 3 is 3.00 bits per heavy atom. The van der Waals surface area contributed by atoms with Gasteiger partial charge >= 0.3 is 0 Å². The van der Waals surface area contributed by atoms with E-state index in [-0.39, 0.29) is 11.9 Å². The van der Waals surface area contributed by atoms with Gasteiger partial charge in [0.05, 0.1) is 11.7 Å². The minimum absolute atomic E-state index is 0.132. The van der Waals surface area contributed by atoms with Crippen LogP contribution < -0.4 is 5.32 Å². The first kappa shape index (κ1) is 8.23. The zero-order valence-electron chi connectivity index (χ0n) is 7.58. The van der Waals surface area contributed by atoms with Gasteiger partial charge in [0.1, 0.15) is 0 Å². The molecule has 0 spiro atoms. The predicted molar refractivity (Wildman–Crippen MR) is 49.1 cm³/mol. The van der Waals surface area contributed by atoms with Crippen LogP contribution in [0, 0.1) is 6.92 Å². The van der Waals surface area contributed by atoms with Crippen molar-refractivity contribution in [3.05, 3.63) is 29.6 Å². The molecule has 1 aliphatic heterocycles. The molecule has 1 aliphatic rings. The molecule has 3 heteroatoms. The van der Waals surface area contributed by atoms with Gasteiger partial charge in [0, 0.05) is 12.1 Å². The topological polar surface area (TPSA) is 42.0 Å². The van der Waals surface area contributed by atoms with Gasteiger partial charge in [-0.05, 0) is 25.5 Å². The van der Waals surface area contributed by atoms with Gasteiger partial charge in [-0.25, -0.2) is 0 Å². The van der Waals surface area contributed by atoms with Crippen LogP contribution in [-0.4, -0.2) is 10.9 Å². The van der Waals surface area contributed by atoms with Crippen molar-refractivity contribution in [2.75, 3.05) is 0 Å². The average molecular weight is 176 g/mol. The molecule has 1 atom stereocenters. The largest absolute Gasteiger partial charge is 0.348 e. The highest BCUT2D eigenvalue weighted by Gasteiger charge is 2.22. The van der Waals surface area contributed by atoms with Gasteiger partial charge in [-0.15, -0.1) is 0 Å². The maximum atomic E-state index is 11.0. The van der Waals surface area contributed by atoms with Crippen molar-refractivity contribution >= 4 is 5.91 Å². The van der Waals surface area contributed by atoms with Gasteiger partial charge in [0.15, 0.2) is 0 Å². The number of rotatable bonds is 1. The van der Waals surface area contributed by atoms with Gasteiger partial charge in [-0.3, -0.25) is 9.78 Å². The van der Waals surface area contributed by atoms with Crippen LogP contribution in [0.5, 0.6) is 0 Å². The second kappa shape index (κ2) is 3.17. The van der Waals surface area contributed by atoms with Crippen LogP contribution in [0.4, 0.5) is 0 Å². The smallest absolute Gasteiger partial charge is 0.220 e. The Labute approximate surface area is 77.2 Å². The number of hydrogen-bond donors (Lipinski definition) is 1. The van der Waals surface area contributed by atoms with Crippen LogP contribution >= 0.6 is 0 Å². The van der Waals surface area contributed by atoms with E-state index < -0.39 is 0 Å². The minimum atomic E-state index is 0.132. The third kappa shape index (κ3) is 1.69. The van der Waals surface area contributed by atoms with E-state index in [0.29, 0.717) is 6.42 Å². The van der Waals surface area contributed by atoms with E-state index in [0.717, 1.165) is 17.8 Å². The minimum Gasteiger partial charge on any atom is -0.348 e. The van der Waals surface area contributed by atoms with Crippen molar-refractivity contribution in [1.82, 2.24) is 10.3 Å². The van der Waals surface area contributed by atoms with E-state index in [2.05, 4.69) is 10.3 Å². The Morgan fingerprint density at radius 2 is 2.38 bits per heavy atom. The second-order valence-electron chi connectivity index (χ2n) is 3.36. The standard InChI is InChI=1S/C10H12N2O/c1-7-3-2-4-8(11-7)9-5-6-10(13)12-9/h2-4,9H,5-6H2,1H3,(H,12,13). The van der Waals surface area contributed by atoms with Crippen LogP contribution in [-0.2, 0) is 4.79 Å². The fourth-order valence-electron chi connectivity index (χ4n) is 1.59. The van der Waals surface area contributed by atoms with E-state index >= 15 is 0 Å².